The van der Waals surface area contributed by atoms with Gasteiger partial charge < -0.3 is 15.0 Å². The van der Waals surface area contributed by atoms with Crippen molar-refractivity contribution in [2.45, 2.75) is 38.3 Å². The molecule has 1 aliphatic carbocycles. The lowest BCUT2D eigenvalue weighted by Gasteiger charge is -2.20. The van der Waals surface area contributed by atoms with Crippen LogP contribution in [0.2, 0.25) is 0 Å². The molecule has 3 rings (SSSR count). The van der Waals surface area contributed by atoms with Crippen LogP contribution in [0.15, 0.2) is 41.2 Å². The maximum absolute atomic E-state index is 12.8. The number of nitrogens with zero attached hydrogens (tertiary/aromatic N) is 1. The zero-order chi connectivity index (χ0) is 15.5. The van der Waals surface area contributed by atoms with E-state index in [2.05, 4.69) is 0 Å². The zero-order valence-corrected chi connectivity index (χ0v) is 12.9. The SMILES string of the molecule is COc1ccc(-c2ccc(CN)c(=O)n2C2CCCC2)cc1. The van der Waals surface area contributed by atoms with Crippen LogP contribution in [0.4, 0.5) is 0 Å². The largest absolute Gasteiger partial charge is 0.497 e. The quantitative estimate of drug-likeness (QED) is 0.943. The molecular weight excluding hydrogens is 276 g/mol. The molecule has 1 aliphatic rings. The van der Waals surface area contributed by atoms with E-state index in [0.29, 0.717) is 5.56 Å². The van der Waals surface area contributed by atoms with Crippen molar-refractivity contribution in [2.24, 2.45) is 5.73 Å². The van der Waals surface area contributed by atoms with Gasteiger partial charge in [-0.3, -0.25) is 4.79 Å². The third-order valence-electron chi connectivity index (χ3n) is 4.49. The summed E-state index contributed by atoms with van der Waals surface area (Å²) in [5.41, 5.74) is 8.46. The molecule has 0 spiro atoms. The molecule has 1 aromatic carbocycles. The normalized spacial score (nSPS) is 15.2. The van der Waals surface area contributed by atoms with Crippen LogP contribution in [0.3, 0.4) is 0 Å². The van der Waals surface area contributed by atoms with Crippen LogP contribution in [0, 0.1) is 0 Å². The van der Waals surface area contributed by atoms with Gasteiger partial charge in [-0.1, -0.05) is 18.9 Å². The predicted molar refractivity (Wildman–Crippen MR) is 88.1 cm³/mol. The van der Waals surface area contributed by atoms with Crippen LogP contribution in [0.25, 0.3) is 11.3 Å². The maximum Gasteiger partial charge on any atom is 0.255 e. The third kappa shape index (κ3) is 2.66. The van der Waals surface area contributed by atoms with Crippen molar-refractivity contribution in [2.75, 3.05) is 7.11 Å². The highest BCUT2D eigenvalue weighted by molar-refractivity contribution is 5.61. The molecule has 1 fully saturated rings. The molecule has 22 heavy (non-hydrogen) atoms. The van der Waals surface area contributed by atoms with Gasteiger partial charge in [-0.05, 0) is 48.7 Å². The second kappa shape index (κ2) is 6.36. The van der Waals surface area contributed by atoms with Crippen LogP contribution < -0.4 is 16.0 Å². The van der Waals surface area contributed by atoms with E-state index in [1.165, 1.54) is 12.8 Å². The van der Waals surface area contributed by atoms with Gasteiger partial charge in [-0.2, -0.15) is 0 Å². The molecule has 2 N–H and O–H groups in total. The average Bonchev–Trinajstić information content (AvgIpc) is 3.08. The molecule has 0 amide bonds. The molecule has 2 aromatic rings. The predicted octanol–water partition coefficient (Wildman–Crippen LogP) is 3.10. The second-order valence-electron chi connectivity index (χ2n) is 5.79. The summed E-state index contributed by atoms with van der Waals surface area (Å²) < 4.78 is 7.17. The molecule has 1 saturated carbocycles. The van der Waals surface area contributed by atoms with E-state index >= 15 is 0 Å². The summed E-state index contributed by atoms with van der Waals surface area (Å²) in [6.45, 7) is 0.286. The Hall–Kier alpha value is -2.07. The van der Waals surface area contributed by atoms with Crippen LogP contribution in [0.1, 0.15) is 37.3 Å². The Labute approximate surface area is 130 Å². The van der Waals surface area contributed by atoms with E-state index in [4.69, 9.17) is 10.5 Å². The fourth-order valence-corrected chi connectivity index (χ4v) is 3.27. The number of nitrogens with two attached hydrogens (primary N) is 1. The standard InChI is InChI=1S/C18H22N2O2/c1-22-16-9-6-13(7-10-16)17-11-8-14(12-19)18(21)20(17)15-4-2-3-5-15/h6-11,15H,2-5,12,19H2,1H3. The maximum atomic E-state index is 12.8. The van der Waals surface area contributed by atoms with Crippen LogP contribution in [-0.4, -0.2) is 11.7 Å². The first-order chi connectivity index (χ1) is 10.7. The molecule has 0 atom stereocenters. The molecule has 0 bridgehead atoms. The lowest BCUT2D eigenvalue weighted by molar-refractivity contribution is 0.415. The molecule has 0 saturated heterocycles. The summed E-state index contributed by atoms with van der Waals surface area (Å²) in [6.07, 6.45) is 4.51. The number of ether oxygens (including phenoxy) is 1. The van der Waals surface area contributed by atoms with Crippen LogP contribution in [0.5, 0.6) is 5.75 Å². The van der Waals surface area contributed by atoms with Gasteiger partial charge in [0.1, 0.15) is 5.75 Å². The number of methoxy groups -OCH3 is 1. The smallest absolute Gasteiger partial charge is 0.255 e. The van der Waals surface area contributed by atoms with Crippen molar-refractivity contribution >= 4 is 0 Å². The van der Waals surface area contributed by atoms with Crippen molar-refractivity contribution < 1.29 is 4.74 Å². The molecule has 0 radical (unpaired) electrons. The highest BCUT2D eigenvalue weighted by Crippen LogP contribution is 2.32. The minimum Gasteiger partial charge on any atom is -0.497 e. The minimum absolute atomic E-state index is 0.0581. The van der Waals surface area contributed by atoms with E-state index in [1.54, 1.807) is 7.11 Å². The highest BCUT2D eigenvalue weighted by atomic mass is 16.5. The van der Waals surface area contributed by atoms with E-state index < -0.39 is 0 Å². The number of aromatic nitrogens is 1. The van der Waals surface area contributed by atoms with Gasteiger partial charge in [-0.15, -0.1) is 0 Å². The first-order valence-corrected chi connectivity index (χ1v) is 7.83. The Balaban J connectivity index is 2.13. The Kier molecular flexibility index (Phi) is 4.29. The molecule has 1 aromatic heterocycles. The van der Waals surface area contributed by atoms with Crippen molar-refractivity contribution in [1.29, 1.82) is 0 Å². The van der Waals surface area contributed by atoms with Gasteiger partial charge in [0.25, 0.3) is 5.56 Å². The molecule has 4 heteroatoms. The zero-order valence-electron chi connectivity index (χ0n) is 12.9. The topological polar surface area (TPSA) is 57.2 Å². The van der Waals surface area contributed by atoms with E-state index in [-0.39, 0.29) is 18.1 Å². The Morgan fingerprint density at radius 2 is 1.82 bits per heavy atom. The second-order valence-corrected chi connectivity index (χ2v) is 5.79. The fraction of sp³-hybridized carbons (Fsp3) is 0.389. The van der Waals surface area contributed by atoms with Gasteiger partial charge in [0.15, 0.2) is 0 Å². The molecular formula is C18H22N2O2. The molecule has 0 unspecified atom stereocenters. The fourth-order valence-electron chi connectivity index (χ4n) is 3.27. The number of hydrogen-bond acceptors (Lipinski definition) is 3. The molecule has 116 valence electrons. The van der Waals surface area contributed by atoms with Crippen molar-refractivity contribution in [1.82, 2.24) is 4.57 Å². The van der Waals surface area contributed by atoms with E-state index in [1.807, 2.05) is 41.0 Å². The number of hydrogen-bond donors (Lipinski definition) is 1. The van der Waals surface area contributed by atoms with Crippen molar-refractivity contribution in [3.8, 4) is 17.0 Å². The third-order valence-corrected chi connectivity index (χ3v) is 4.49. The lowest BCUT2D eigenvalue weighted by Crippen LogP contribution is -2.29. The van der Waals surface area contributed by atoms with E-state index in [0.717, 1.165) is 29.8 Å². The first kappa shape index (κ1) is 14.9. The Morgan fingerprint density at radius 3 is 2.41 bits per heavy atom. The monoisotopic (exact) mass is 298 g/mol. The summed E-state index contributed by atoms with van der Waals surface area (Å²) >= 11 is 0. The van der Waals surface area contributed by atoms with Gasteiger partial charge >= 0.3 is 0 Å². The van der Waals surface area contributed by atoms with Crippen LogP contribution in [-0.2, 0) is 6.54 Å². The van der Waals surface area contributed by atoms with Gasteiger partial charge in [0.05, 0.1) is 12.8 Å². The molecule has 0 aliphatic heterocycles. The van der Waals surface area contributed by atoms with Crippen molar-refractivity contribution in [3.63, 3.8) is 0 Å². The lowest BCUT2D eigenvalue weighted by atomic mass is 10.1. The Morgan fingerprint density at radius 1 is 1.14 bits per heavy atom. The van der Waals surface area contributed by atoms with Gasteiger partial charge in [0.2, 0.25) is 0 Å². The van der Waals surface area contributed by atoms with Crippen LogP contribution >= 0.6 is 0 Å². The number of rotatable bonds is 4. The summed E-state index contributed by atoms with van der Waals surface area (Å²) in [5.74, 6) is 0.817. The molecule has 1 heterocycles. The van der Waals surface area contributed by atoms with E-state index in [9.17, 15) is 4.79 Å². The number of benzene rings is 1. The highest BCUT2D eigenvalue weighted by Gasteiger charge is 2.22. The Bertz CT molecular complexity index is 698. The first-order valence-electron chi connectivity index (χ1n) is 7.83. The van der Waals surface area contributed by atoms with Crippen molar-refractivity contribution in [3.05, 3.63) is 52.3 Å². The minimum atomic E-state index is 0.0581. The average molecular weight is 298 g/mol. The summed E-state index contributed by atoms with van der Waals surface area (Å²) in [4.78, 5) is 12.8. The van der Waals surface area contributed by atoms with Gasteiger partial charge in [-0.25, -0.2) is 0 Å². The summed E-state index contributed by atoms with van der Waals surface area (Å²) in [5, 5.41) is 0. The van der Waals surface area contributed by atoms with Gasteiger partial charge in [0, 0.05) is 18.2 Å². The molecule has 4 nitrogen and oxygen atoms in total. The summed E-state index contributed by atoms with van der Waals surface area (Å²) in [7, 11) is 1.65. The number of pyridine rings is 1. The summed E-state index contributed by atoms with van der Waals surface area (Å²) in [6, 6.07) is 12.0.